The van der Waals surface area contributed by atoms with E-state index in [1.807, 2.05) is 48.5 Å². The molecule has 0 nitrogen and oxygen atoms in total. The van der Waals surface area contributed by atoms with Crippen molar-refractivity contribution in [2.75, 3.05) is 0 Å². The summed E-state index contributed by atoms with van der Waals surface area (Å²) < 4.78 is 42.1. The Morgan fingerprint density at radius 3 is 1.61 bits per heavy atom. The first kappa shape index (κ1) is 22.8. The minimum Gasteiger partial charge on any atom is -0.248 e. The fourth-order valence-electron chi connectivity index (χ4n) is 3.07. The monoisotopic (exact) mass is 336 g/mol. The molecule has 0 saturated heterocycles. The highest BCUT2D eigenvalue weighted by Gasteiger charge is 2.29. The van der Waals surface area contributed by atoms with E-state index in [9.17, 15) is 13.2 Å². The zero-order valence-electron chi connectivity index (χ0n) is 16.3. The molecule has 0 N–H and O–H groups in total. The number of alkyl halides is 3. The van der Waals surface area contributed by atoms with E-state index in [1.165, 1.54) is 0 Å². The van der Waals surface area contributed by atoms with E-state index in [0.29, 0.717) is 31.6 Å². The average Bonchev–Trinajstić information content (AvgIpc) is 2.49. The fraction of sp³-hybridized carbons (Fsp3) is 1.00. The van der Waals surface area contributed by atoms with Crippen LogP contribution in [0.25, 0.3) is 0 Å². The lowest BCUT2D eigenvalue weighted by Gasteiger charge is -2.29. The molecule has 0 aromatic rings. The van der Waals surface area contributed by atoms with Gasteiger partial charge in [-0.3, -0.25) is 0 Å². The molecule has 0 spiro atoms. The van der Waals surface area contributed by atoms with Crippen molar-refractivity contribution in [3.63, 3.8) is 0 Å². The maximum atomic E-state index is 14.6. The van der Waals surface area contributed by atoms with Crippen molar-refractivity contribution in [1.29, 1.82) is 0 Å². The Balaban J connectivity index is 4.35. The molecule has 0 amide bonds. The zero-order chi connectivity index (χ0) is 18.2. The van der Waals surface area contributed by atoms with E-state index in [1.54, 1.807) is 0 Å². The van der Waals surface area contributed by atoms with Crippen LogP contribution in [0.4, 0.5) is 13.2 Å². The smallest absolute Gasteiger partial charge is 0.103 e. The second-order valence-electron chi connectivity index (χ2n) is 8.15. The molecule has 23 heavy (non-hydrogen) atoms. The Bertz CT molecular complexity index is 293. The molecule has 140 valence electrons. The van der Waals surface area contributed by atoms with Crippen LogP contribution in [-0.4, -0.2) is 18.5 Å². The van der Waals surface area contributed by atoms with Crippen molar-refractivity contribution in [2.24, 2.45) is 29.6 Å². The molecule has 0 aliphatic carbocycles. The summed E-state index contributed by atoms with van der Waals surface area (Å²) in [6.45, 7) is 13.6. The van der Waals surface area contributed by atoms with E-state index in [-0.39, 0.29) is 23.7 Å². The lowest BCUT2D eigenvalue weighted by Crippen LogP contribution is -2.28. The Hall–Kier alpha value is -0.210. The van der Waals surface area contributed by atoms with Crippen LogP contribution in [0.15, 0.2) is 0 Å². The summed E-state index contributed by atoms with van der Waals surface area (Å²) in [5.74, 6) is 0.296. The maximum Gasteiger partial charge on any atom is 0.103 e. The summed E-state index contributed by atoms with van der Waals surface area (Å²) in [7, 11) is 0. The molecule has 7 atom stereocenters. The van der Waals surface area contributed by atoms with Crippen LogP contribution in [-0.2, 0) is 0 Å². The molecule has 0 radical (unpaired) electrons. The van der Waals surface area contributed by atoms with E-state index in [0.717, 1.165) is 6.42 Å². The third-order valence-corrected chi connectivity index (χ3v) is 5.61. The van der Waals surface area contributed by atoms with Gasteiger partial charge in [0.25, 0.3) is 0 Å². The topological polar surface area (TPSA) is 0 Å². The van der Waals surface area contributed by atoms with Gasteiger partial charge in [0.1, 0.15) is 12.3 Å². The predicted octanol–water partition coefficient (Wildman–Crippen LogP) is 7.17. The Kier molecular flexibility index (Phi) is 11.3. The van der Waals surface area contributed by atoms with Crippen molar-refractivity contribution in [1.82, 2.24) is 0 Å². The molecule has 0 aliphatic heterocycles. The molecule has 7 unspecified atom stereocenters. The van der Waals surface area contributed by atoms with E-state index in [2.05, 4.69) is 0 Å². The summed E-state index contributed by atoms with van der Waals surface area (Å²) in [6, 6.07) is 0. The summed E-state index contributed by atoms with van der Waals surface area (Å²) >= 11 is 0. The normalized spacial score (nSPS) is 21.5. The average molecular weight is 337 g/mol. The van der Waals surface area contributed by atoms with Crippen LogP contribution in [0.2, 0.25) is 0 Å². The van der Waals surface area contributed by atoms with Gasteiger partial charge in [0.2, 0.25) is 0 Å². The Labute approximate surface area is 142 Å². The highest BCUT2D eigenvalue weighted by Crippen LogP contribution is 2.32. The number of rotatable bonds is 12. The lowest BCUT2D eigenvalue weighted by molar-refractivity contribution is 0.102. The number of hydrogen-bond donors (Lipinski definition) is 0. The van der Waals surface area contributed by atoms with Crippen molar-refractivity contribution < 1.29 is 13.2 Å². The lowest BCUT2D eigenvalue weighted by atomic mass is 9.79. The molecule has 0 fully saturated rings. The Morgan fingerprint density at radius 1 is 0.652 bits per heavy atom. The van der Waals surface area contributed by atoms with Crippen molar-refractivity contribution in [3.8, 4) is 0 Å². The van der Waals surface area contributed by atoms with Gasteiger partial charge in [0.15, 0.2) is 0 Å². The molecule has 0 bridgehead atoms. The highest BCUT2D eigenvalue weighted by atomic mass is 19.1. The second-order valence-corrected chi connectivity index (χ2v) is 8.15. The van der Waals surface area contributed by atoms with Gasteiger partial charge in [0, 0.05) is 0 Å². The predicted molar refractivity (Wildman–Crippen MR) is 94.9 cm³/mol. The van der Waals surface area contributed by atoms with Crippen molar-refractivity contribution in [2.45, 2.75) is 99.1 Å². The maximum absolute atomic E-state index is 14.6. The van der Waals surface area contributed by atoms with Gasteiger partial charge >= 0.3 is 0 Å². The zero-order valence-corrected chi connectivity index (χ0v) is 16.3. The van der Waals surface area contributed by atoms with E-state index in [4.69, 9.17) is 0 Å². The minimum absolute atomic E-state index is 0.0259. The van der Waals surface area contributed by atoms with Gasteiger partial charge in [0.05, 0.1) is 6.17 Å². The number of halogens is 3. The van der Waals surface area contributed by atoms with Crippen molar-refractivity contribution >= 4 is 0 Å². The van der Waals surface area contributed by atoms with Crippen LogP contribution in [0, 0.1) is 29.6 Å². The molecular formula is C20H39F3. The molecular weight excluding hydrogens is 297 g/mol. The molecule has 0 heterocycles. The van der Waals surface area contributed by atoms with Crippen LogP contribution >= 0.6 is 0 Å². The summed E-state index contributed by atoms with van der Waals surface area (Å²) in [5, 5.41) is 0. The molecule has 0 aromatic heterocycles. The van der Waals surface area contributed by atoms with Crippen LogP contribution < -0.4 is 0 Å². The van der Waals surface area contributed by atoms with Crippen LogP contribution in [0.1, 0.15) is 80.6 Å². The third-order valence-electron chi connectivity index (χ3n) is 5.61. The van der Waals surface area contributed by atoms with E-state index >= 15 is 0 Å². The van der Waals surface area contributed by atoms with Crippen LogP contribution in [0.3, 0.4) is 0 Å². The summed E-state index contributed by atoms with van der Waals surface area (Å²) in [6.07, 6.45) is 0.144. The molecule has 0 aliphatic rings. The highest BCUT2D eigenvalue weighted by molar-refractivity contribution is 4.78. The fourth-order valence-corrected chi connectivity index (χ4v) is 3.07. The van der Waals surface area contributed by atoms with Gasteiger partial charge in [-0.05, 0) is 61.7 Å². The Morgan fingerprint density at radius 2 is 1.13 bits per heavy atom. The SMILES string of the molecule is CCC(F)CCC(C)C(C)C(F)CC(C)C(C)C(F)CC(C)C. The van der Waals surface area contributed by atoms with Crippen molar-refractivity contribution in [3.05, 3.63) is 0 Å². The molecule has 3 heteroatoms. The standard InChI is InChI=1S/C20H39F3/c1-8-18(21)10-9-14(4)16(6)20(23)12-15(5)17(7)19(22)11-13(2)3/h13-20H,8-12H2,1-7H3. The van der Waals surface area contributed by atoms with E-state index < -0.39 is 18.5 Å². The van der Waals surface area contributed by atoms with Gasteiger partial charge in [-0.1, -0.05) is 48.5 Å². The second kappa shape index (κ2) is 11.4. The first-order chi connectivity index (χ1) is 10.6. The first-order valence-corrected chi connectivity index (χ1v) is 9.52. The largest absolute Gasteiger partial charge is 0.248 e. The van der Waals surface area contributed by atoms with Crippen LogP contribution in [0.5, 0.6) is 0 Å². The molecule has 0 saturated carbocycles. The summed E-state index contributed by atoms with van der Waals surface area (Å²) in [5.41, 5.74) is 0. The van der Waals surface area contributed by atoms with Gasteiger partial charge < -0.3 is 0 Å². The summed E-state index contributed by atoms with van der Waals surface area (Å²) in [4.78, 5) is 0. The third kappa shape index (κ3) is 9.00. The molecule has 0 aromatic carbocycles. The minimum atomic E-state index is -0.937. The first-order valence-electron chi connectivity index (χ1n) is 9.52. The number of hydrogen-bond acceptors (Lipinski definition) is 0. The quantitative estimate of drug-likeness (QED) is 0.354. The van der Waals surface area contributed by atoms with Gasteiger partial charge in [-0.2, -0.15) is 0 Å². The van der Waals surface area contributed by atoms with Gasteiger partial charge in [-0.15, -0.1) is 0 Å². The molecule has 0 rings (SSSR count). The van der Waals surface area contributed by atoms with Gasteiger partial charge in [-0.25, -0.2) is 13.2 Å².